The summed E-state index contributed by atoms with van der Waals surface area (Å²) in [7, 11) is -2.87. The summed E-state index contributed by atoms with van der Waals surface area (Å²) in [6.45, 7) is 5.83. The number of nitrogens with zero attached hydrogens (tertiary/aromatic N) is 2. The van der Waals surface area contributed by atoms with E-state index in [9.17, 15) is 13.2 Å². The lowest BCUT2D eigenvalue weighted by Crippen LogP contribution is -2.34. The van der Waals surface area contributed by atoms with Crippen molar-refractivity contribution in [2.24, 2.45) is 0 Å². The lowest BCUT2D eigenvalue weighted by atomic mass is 10.3. The van der Waals surface area contributed by atoms with Crippen molar-refractivity contribution >= 4 is 15.8 Å². The highest BCUT2D eigenvalue weighted by Gasteiger charge is 2.17. The highest BCUT2D eigenvalue weighted by Crippen LogP contribution is 2.04. The number of hydrogen-bond donors (Lipinski definition) is 1. The SMILES string of the molecule is CCS(=O)(=O)CCCN1CCCN(CC(=O)O)CC1. The molecule has 0 bridgehead atoms. The van der Waals surface area contributed by atoms with Gasteiger partial charge in [-0.1, -0.05) is 6.92 Å². The molecule has 1 aliphatic rings. The largest absolute Gasteiger partial charge is 0.480 e. The quantitative estimate of drug-likeness (QED) is 0.706. The van der Waals surface area contributed by atoms with Gasteiger partial charge in [0, 0.05) is 25.4 Å². The molecule has 7 heteroatoms. The molecule has 0 aromatic carbocycles. The third-order valence-electron chi connectivity index (χ3n) is 3.41. The summed E-state index contributed by atoms with van der Waals surface area (Å²) in [5.41, 5.74) is 0. The lowest BCUT2D eigenvalue weighted by Gasteiger charge is -2.20. The van der Waals surface area contributed by atoms with Crippen LogP contribution in [0.1, 0.15) is 19.8 Å². The molecule has 0 aliphatic carbocycles. The van der Waals surface area contributed by atoms with Gasteiger partial charge in [-0.05, 0) is 25.9 Å². The van der Waals surface area contributed by atoms with Gasteiger partial charge in [0.2, 0.25) is 0 Å². The zero-order chi connectivity index (χ0) is 14.3. The Morgan fingerprint density at radius 3 is 2.42 bits per heavy atom. The van der Waals surface area contributed by atoms with E-state index in [0.29, 0.717) is 6.42 Å². The van der Waals surface area contributed by atoms with E-state index in [0.717, 1.165) is 39.1 Å². The Morgan fingerprint density at radius 1 is 1.16 bits per heavy atom. The molecule has 0 atom stereocenters. The van der Waals surface area contributed by atoms with Gasteiger partial charge < -0.3 is 10.0 Å². The number of rotatable bonds is 7. The number of sulfone groups is 1. The minimum Gasteiger partial charge on any atom is -0.480 e. The van der Waals surface area contributed by atoms with Crippen LogP contribution >= 0.6 is 0 Å². The summed E-state index contributed by atoms with van der Waals surface area (Å²) in [6, 6.07) is 0. The summed E-state index contributed by atoms with van der Waals surface area (Å²) in [5.74, 6) is -0.333. The molecule has 19 heavy (non-hydrogen) atoms. The van der Waals surface area contributed by atoms with Gasteiger partial charge in [0.05, 0.1) is 12.3 Å². The third kappa shape index (κ3) is 6.89. The summed E-state index contributed by atoms with van der Waals surface area (Å²) in [5, 5.41) is 8.76. The molecule has 1 rings (SSSR count). The smallest absolute Gasteiger partial charge is 0.317 e. The molecule has 112 valence electrons. The van der Waals surface area contributed by atoms with Gasteiger partial charge in [-0.3, -0.25) is 9.69 Å². The van der Waals surface area contributed by atoms with Crippen LogP contribution in [0.5, 0.6) is 0 Å². The van der Waals surface area contributed by atoms with E-state index in [1.54, 1.807) is 6.92 Å². The van der Waals surface area contributed by atoms with Crippen molar-refractivity contribution in [3.63, 3.8) is 0 Å². The van der Waals surface area contributed by atoms with Crippen molar-refractivity contribution in [3.8, 4) is 0 Å². The van der Waals surface area contributed by atoms with Crippen LogP contribution in [-0.4, -0.2) is 80.1 Å². The fraction of sp³-hybridized carbons (Fsp3) is 0.917. The van der Waals surface area contributed by atoms with Gasteiger partial charge in [0.25, 0.3) is 0 Å². The second-order valence-corrected chi connectivity index (χ2v) is 7.43. The second kappa shape index (κ2) is 7.81. The highest BCUT2D eigenvalue weighted by molar-refractivity contribution is 7.91. The monoisotopic (exact) mass is 292 g/mol. The molecule has 1 N–H and O–H groups in total. The van der Waals surface area contributed by atoms with Crippen molar-refractivity contribution in [1.29, 1.82) is 0 Å². The van der Waals surface area contributed by atoms with Gasteiger partial charge >= 0.3 is 5.97 Å². The van der Waals surface area contributed by atoms with Crippen LogP contribution in [0.2, 0.25) is 0 Å². The lowest BCUT2D eigenvalue weighted by molar-refractivity contribution is -0.138. The second-order valence-electron chi connectivity index (χ2n) is 4.96. The van der Waals surface area contributed by atoms with E-state index in [-0.39, 0.29) is 18.1 Å². The Bertz CT molecular complexity index is 383. The predicted molar refractivity (Wildman–Crippen MR) is 74.1 cm³/mol. The van der Waals surface area contributed by atoms with Gasteiger partial charge in [0.1, 0.15) is 9.84 Å². The number of carboxylic acid groups (broad SMARTS) is 1. The van der Waals surface area contributed by atoms with E-state index < -0.39 is 15.8 Å². The fourth-order valence-electron chi connectivity index (χ4n) is 2.25. The van der Waals surface area contributed by atoms with E-state index in [2.05, 4.69) is 4.90 Å². The van der Waals surface area contributed by atoms with Gasteiger partial charge in [-0.25, -0.2) is 8.42 Å². The first-order valence-corrected chi connectivity index (χ1v) is 8.62. The van der Waals surface area contributed by atoms with Crippen molar-refractivity contribution in [2.45, 2.75) is 19.8 Å². The molecule has 0 spiro atoms. The molecule has 6 nitrogen and oxygen atoms in total. The van der Waals surface area contributed by atoms with Crippen molar-refractivity contribution in [2.75, 3.05) is 50.8 Å². The van der Waals surface area contributed by atoms with E-state index in [1.807, 2.05) is 4.90 Å². The molecular formula is C12H24N2O4S. The Kier molecular flexibility index (Phi) is 6.74. The first-order chi connectivity index (χ1) is 8.93. The van der Waals surface area contributed by atoms with E-state index in [4.69, 9.17) is 5.11 Å². The van der Waals surface area contributed by atoms with Crippen LogP contribution in [0.4, 0.5) is 0 Å². The predicted octanol–water partition coefficient (Wildman–Crippen LogP) is -0.0965. The van der Waals surface area contributed by atoms with Crippen molar-refractivity contribution in [3.05, 3.63) is 0 Å². The zero-order valence-corrected chi connectivity index (χ0v) is 12.4. The summed E-state index contributed by atoms with van der Waals surface area (Å²) >= 11 is 0. The summed E-state index contributed by atoms with van der Waals surface area (Å²) in [6.07, 6.45) is 1.60. The molecule has 0 saturated carbocycles. The number of carbonyl (C=O) groups is 1. The number of aliphatic carboxylic acids is 1. The minimum absolute atomic E-state index is 0.0953. The number of hydrogen-bond acceptors (Lipinski definition) is 5. The third-order valence-corrected chi connectivity index (χ3v) is 5.20. The molecule has 0 unspecified atom stereocenters. The summed E-state index contributed by atoms with van der Waals surface area (Å²) in [4.78, 5) is 14.8. The Balaban J connectivity index is 2.27. The summed E-state index contributed by atoms with van der Waals surface area (Å²) < 4.78 is 22.8. The number of carboxylic acids is 1. The van der Waals surface area contributed by atoms with Crippen molar-refractivity contribution < 1.29 is 18.3 Å². The molecule has 0 aromatic rings. The highest BCUT2D eigenvalue weighted by atomic mass is 32.2. The zero-order valence-electron chi connectivity index (χ0n) is 11.5. The van der Waals surface area contributed by atoms with Crippen LogP contribution in [0, 0.1) is 0 Å². The fourth-order valence-corrected chi connectivity index (χ4v) is 3.11. The Labute approximate surface area is 115 Å². The average molecular weight is 292 g/mol. The van der Waals surface area contributed by atoms with Gasteiger partial charge in [-0.2, -0.15) is 0 Å². The first kappa shape index (κ1) is 16.4. The molecule has 1 aliphatic heterocycles. The van der Waals surface area contributed by atoms with E-state index in [1.165, 1.54) is 0 Å². The van der Waals surface area contributed by atoms with Gasteiger partial charge in [-0.15, -0.1) is 0 Å². The standard InChI is InChI=1S/C12H24N2O4S/c1-2-19(17,18)10-4-7-13-5-3-6-14(9-8-13)11-12(15)16/h2-11H2,1H3,(H,15,16). The van der Waals surface area contributed by atoms with Crippen LogP contribution in [-0.2, 0) is 14.6 Å². The molecule has 1 heterocycles. The maximum absolute atomic E-state index is 11.4. The minimum atomic E-state index is -2.87. The molecule has 1 saturated heterocycles. The first-order valence-electron chi connectivity index (χ1n) is 6.80. The van der Waals surface area contributed by atoms with Crippen LogP contribution in [0.15, 0.2) is 0 Å². The van der Waals surface area contributed by atoms with Gasteiger partial charge in [0.15, 0.2) is 0 Å². The molecule has 0 radical (unpaired) electrons. The Hall–Kier alpha value is -0.660. The van der Waals surface area contributed by atoms with E-state index >= 15 is 0 Å². The molecule has 0 amide bonds. The molecule has 1 fully saturated rings. The van der Waals surface area contributed by atoms with Crippen LogP contribution in [0.25, 0.3) is 0 Å². The van der Waals surface area contributed by atoms with Crippen LogP contribution in [0.3, 0.4) is 0 Å². The molecular weight excluding hydrogens is 268 g/mol. The van der Waals surface area contributed by atoms with Crippen molar-refractivity contribution in [1.82, 2.24) is 9.80 Å². The Morgan fingerprint density at radius 2 is 1.79 bits per heavy atom. The maximum Gasteiger partial charge on any atom is 0.317 e. The average Bonchev–Trinajstić information content (AvgIpc) is 2.54. The molecule has 0 aromatic heterocycles. The van der Waals surface area contributed by atoms with Crippen LogP contribution < -0.4 is 0 Å². The maximum atomic E-state index is 11.4. The normalized spacial score (nSPS) is 19.2. The topological polar surface area (TPSA) is 77.9 Å².